The van der Waals surface area contributed by atoms with Crippen molar-refractivity contribution in [2.45, 2.75) is 71.8 Å². The molecule has 1 aromatic heterocycles. The van der Waals surface area contributed by atoms with E-state index in [1.54, 1.807) is 6.07 Å². The van der Waals surface area contributed by atoms with Crippen LogP contribution in [0.2, 0.25) is 0 Å². The van der Waals surface area contributed by atoms with Gasteiger partial charge in [0.05, 0.1) is 0 Å². The average Bonchev–Trinajstić information content (AvgIpc) is 3.34. The summed E-state index contributed by atoms with van der Waals surface area (Å²) in [5.41, 5.74) is 4.67. The van der Waals surface area contributed by atoms with Gasteiger partial charge in [0.25, 0.3) is 11.5 Å². The van der Waals surface area contributed by atoms with Gasteiger partial charge in [0.2, 0.25) is 0 Å². The van der Waals surface area contributed by atoms with Gasteiger partial charge in [-0.05, 0) is 94.6 Å². The molecule has 33 heavy (non-hydrogen) atoms. The fourth-order valence-electron chi connectivity index (χ4n) is 5.49. The van der Waals surface area contributed by atoms with Crippen LogP contribution >= 0.6 is 0 Å². The molecule has 1 amide bonds. The van der Waals surface area contributed by atoms with E-state index in [4.69, 9.17) is 0 Å². The van der Waals surface area contributed by atoms with E-state index in [0.29, 0.717) is 11.5 Å². The van der Waals surface area contributed by atoms with E-state index >= 15 is 0 Å². The van der Waals surface area contributed by atoms with Crippen molar-refractivity contribution in [2.75, 3.05) is 26.2 Å². The van der Waals surface area contributed by atoms with Gasteiger partial charge in [-0.15, -0.1) is 0 Å². The second kappa shape index (κ2) is 10.7. The molecule has 1 saturated carbocycles. The Morgan fingerprint density at radius 2 is 1.73 bits per heavy atom. The van der Waals surface area contributed by atoms with Gasteiger partial charge in [0, 0.05) is 24.8 Å². The second-order valence-electron chi connectivity index (χ2n) is 10.2. The van der Waals surface area contributed by atoms with Crippen molar-refractivity contribution in [3.05, 3.63) is 68.6 Å². The van der Waals surface area contributed by atoms with Gasteiger partial charge in [0.1, 0.15) is 5.56 Å². The normalized spacial score (nSPS) is 18.0. The van der Waals surface area contributed by atoms with Crippen LogP contribution in [0, 0.1) is 26.7 Å². The predicted molar refractivity (Wildman–Crippen MR) is 134 cm³/mol. The molecule has 178 valence electrons. The van der Waals surface area contributed by atoms with Crippen LogP contribution in [0.5, 0.6) is 0 Å². The topological polar surface area (TPSA) is 56.4 Å². The highest BCUT2D eigenvalue weighted by atomic mass is 16.2. The molecule has 5 heteroatoms. The number of carbonyl (C=O) groups excluding carboxylic acids is 1. The van der Waals surface area contributed by atoms with Crippen molar-refractivity contribution in [3.63, 3.8) is 0 Å². The summed E-state index contributed by atoms with van der Waals surface area (Å²) in [5.74, 6) is 0.433. The number of carbonyl (C=O) groups is 1. The Balaban J connectivity index is 1.38. The monoisotopic (exact) mass is 449 g/mol. The van der Waals surface area contributed by atoms with Gasteiger partial charge < -0.3 is 14.8 Å². The minimum absolute atomic E-state index is 0.0757. The molecule has 2 aromatic rings. The van der Waals surface area contributed by atoms with Crippen LogP contribution in [0.1, 0.15) is 71.3 Å². The zero-order valence-corrected chi connectivity index (χ0v) is 20.5. The van der Waals surface area contributed by atoms with Crippen LogP contribution in [-0.2, 0) is 6.42 Å². The van der Waals surface area contributed by atoms with E-state index in [0.717, 1.165) is 69.5 Å². The first-order chi connectivity index (χ1) is 15.9. The Morgan fingerprint density at radius 1 is 1.03 bits per heavy atom. The first-order valence-corrected chi connectivity index (χ1v) is 12.7. The van der Waals surface area contributed by atoms with Crippen molar-refractivity contribution in [1.29, 1.82) is 0 Å². The molecule has 1 aliphatic heterocycles. The number of piperidine rings is 1. The number of nitrogens with one attached hydrogen (secondary N) is 1. The molecular formula is C28H39N3O2. The van der Waals surface area contributed by atoms with Crippen molar-refractivity contribution in [3.8, 4) is 0 Å². The third kappa shape index (κ3) is 5.75. The number of aryl methyl sites for hydroxylation is 3. The fourth-order valence-corrected chi connectivity index (χ4v) is 5.49. The zero-order chi connectivity index (χ0) is 23.4. The minimum atomic E-state index is -0.253. The smallest absolute Gasteiger partial charge is 0.261 e. The first-order valence-electron chi connectivity index (χ1n) is 12.7. The van der Waals surface area contributed by atoms with Crippen molar-refractivity contribution in [1.82, 2.24) is 14.8 Å². The summed E-state index contributed by atoms with van der Waals surface area (Å²) < 4.78 is 0. The summed E-state index contributed by atoms with van der Waals surface area (Å²) in [5, 5.41) is 0. The SMILES string of the molecule is Cc1ccccc1CCN1CCC(CN(C(=O)c2cc(C)c(C)[nH]c2=O)C2CCCC2)CC1. The number of rotatable bonds is 7. The number of hydrogen-bond acceptors (Lipinski definition) is 3. The lowest BCUT2D eigenvalue weighted by molar-refractivity contribution is 0.0597. The number of hydrogen-bond donors (Lipinski definition) is 1. The average molecular weight is 450 g/mol. The molecule has 5 nitrogen and oxygen atoms in total. The minimum Gasteiger partial charge on any atom is -0.335 e. The number of likely N-dealkylation sites (tertiary alicyclic amines) is 1. The predicted octanol–water partition coefficient (Wildman–Crippen LogP) is 4.64. The fraction of sp³-hybridized carbons (Fsp3) is 0.571. The van der Waals surface area contributed by atoms with Gasteiger partial charge in [-0.3, -0.25) is 9.59 Å². The van der Waals surface area contributed by atoms with Crippen molar-refractivity contribution >= 4 is 5.91 Å². The lowest BCUT2D eigenvalue weighted by Crippen LogP contribution is -2.46. The molecule has 1 aromatic carbocycles. The van der Waals surface area contributed by atoms with Gasteiger partial charge >= 0.3 is 0 Å². The van der Waals surface area contributed by atoms with Gasteiger partial charge in [-0.1, -0.05) is 37.1 Å². The summed E-state index contributed by atoms with van der Waals surface area (Å²) in [6.45, 7) is 10.1. The lowest BCUT2D eigenvalue weighted by Gasteiger charge is -2.37. The maximum absolute atomic E-state index is 13.5. The maximum Gasteiger partial charge on any atom is 0.261 e. The largest absolute Gasteiger partial charge is 0.335 e. The summed E-state index contributed by atoms with van der Waals surface area (Å²) >= 11 is 0. The molecule has 2 fully saturated rings. The molecule has 0 atom stereocenters. The van der Waals surface area contributed by atoms with E-state index in [-0.39, 0.29) is 17.5 Å². The van der Waals surface area contributed by atoms with Crippen LogP contribution in [0.15, 0.2) is 35.1 Å². The molecule has 1 aliphatic carbocycles. The quantitative estimate of drug-likeness (QED) is 0.670. The van der Waals surface area contributed by atoms with Crippen molar-refractivity contribution in [2.24, 2.45) is 5.92 Å². The summed E-state index contributed by atoms with van der Waals surface area (Å²) in [7, 11) is 0. The van der Waals surface area contributed by atoms with Crippen LogP contribution in [0.25, 0.3) is 0 Å². The Labute approximate surface area is 198 Å². The second-order valence-corrected chi connectivity index (χ2v) is 10.2. The van der Waals surface area contributed by atoms with Gasteiger partial charge in [0.15, 0.2) is 0 Å². The van der Waals surface area contributed by atoms with Crippen molar-refractivity contribution < 1.29 is 4.79 Å². The number of aromatic nitrogens is 1. The summed E-state index contributed by atoms with van der Waals surface area (Å²) in [6.07, 6.45) is 7.80. The highest BCUT2D eigenvalue weighted by Gasteiger charge is 2.32. The Hall–Kier alpha value is -2.40. The van der Waals surface area contributed by atoms with Crippen LogP contribution < -0.4 is 5.56 Å². The Morgan fingerprint density at radius 3 is 2.42 bits per heavy atom. The number of H-pyrrole nitrogens is 1. The third-order valence-corrected chi connectivity index (χ3v) is 7.88. The highest BCUT2D eigenvalue weighted by molar-refractivity contribution is 5.94. The maximum atomic E-state index is 13.5. The molecular weight excluding hydrogens is 410 g/mol. The number of nitrogens with zero attached hydrogens (tertiary/aromatic N) is 2. The number of pyridine rings is 1. The van der Waals surface area contributed by atoms with E-state index in [1.165, 1.54) is 24.0 Å². The lowest BCUT2D eigenvalue weighted by atomic mass is 9.94. The van der Waals surface area contributed by atoms with E-state index in [9.17, 15) is 9.59 Å². The molecule has 0 radical (unpaired) electrons. The van der Waals surface area contributed by atoms with E-state index in [1.807, 2.05) is 13.8 Å². The molecule has 2 aliphatic rings. The highest BCUT2D eigenvalue weighted by Crippen LogP contribution is 2.28. The summed E-state index contributed by atoms with van der Waals surface area (Å²) in [4.78, 5) is 33.6. The standard InChI is InChI=1S/C28H39N3O2/c1-20-8-4-5-9-24(20)14-17-30-15-12-23(13-16-30)19-31(25-10-6-7-11-25)28(33)26-18-21(2)22(3)29-27(26)32/h4-5,8-9,18,23,25H,6-7,10-17,19H2,1-3H3,(H,29,32). The van der Waals surface area contributed by atoms with Crippen LogP contribution in [-0.4, -0.2) is 52.9 Å². The molecule has 1 N–H and O–H groups in total. The molecule has 0 unspecified atom stereocenters. The third-order valence-electron chi connectivity index (χ3n) is 7.88. The molecule has 0 bridgehead atoms. The van der Waals surface area contributed by atoms with Gasteiger partial charge in [-0.2, -0.15) is 0 Å². The Bertz CT molecular complexity index is 1010. The number of benzene rings is 1. The van der Waals surface area contributed by atoms with E-state index < -0.39 is 0 Å². The van der Waals surface area contributed by atoms with E-state index in [2.05, 4.69) is 46.0 Å². The molecule has 0 spiro atoms. The molecule has 4 rings (SSSR count). The molecule has 1 saturated heterocycles. The van der Waals surface area contributed by atoms with Gasteiger partial charge in [-0.25, -0.2) is 0 Å². The summed E-state index contributed by atoms with van der Waals surface area (Å²) in [6, 6.07) is 10.7. The first kappa shape index (κ1) is 23.7. The molecule has 2 heterocycles. The van der Waals surface area contributed by atoms with Crippen LogP contribution in [0.3, 0.4) is 0 Å². The zero-order valence-electron chi connectivity index (χ0n) is 20.5. The van der Waals surface area contributed by atoms with Crippen LogP contribution in [0.4, 0.5) is 0 Å². The number of amides is 1. The number of aromatic amines is 1. The Kier molecular flexibility index (Phi) is 7.69.